The number of hydrogen-bond donors (Lipinski definition) is 2. The maximum absolute atomic E-state index is 11.2. The zero-order valence-electron chi connectivity index (χ0n) is 11.6. The molecular formula is C13H25NO4S. The molecule has 0 spiro atoms. The van der Waals surface area contributed by atoms with E-state index in [1.54, 1.807) is 6.08 Å². The lowest BCUT2D eigenvalue weighted by Gasteiger charge is -2.00. The number of carbonyl (C=O) groups excluding carboxylic acids is 1. The first kappa shape index (κ1) is 18.1. The summed E-state index contributed by atoms with van der Waals surface area (Å²) in [6, 6.07) is 0. The van der Waals surface area contributed by atoms with Crippen molar-refractivity contribution >= 4 is 16.0 Å². The number of hydrogen-bond acceptors (Lipinski definition) is 3. The Morgan fingerprint density at radius 3 is 2.42 bits per heavy atom. The summed E-state index contributed by atoms with van der Waals surface area (Å²) in [4.78, 5) is 11.2. The summed E-state index contributed by atoms with van der Waals surface area (Å²) in [6.07, 6.45) is 11.3. The molecule has 1 amide bonds. The molecule has 0 atom stereocenters. The average Bonchev–Trinajstić information content (AvgIpc) is 2.31. The first-order valence-corrected chi connectivity index (χ1v) is 8.46. The van der Waals surface area contributed by atoms with Gasteiger partial charge in [0.05, 0.1) is 5.75 Å². The first-order valence-electron chi connectivity index (χ1n) is 6.85. The van der Waals surface area contributed by atoms with E-state index in [-0.39, 0.29) is 12.5 Å². The molecule has 0 heterocycles. The van der Waals surface area contributed by atoms with Crippen LogP contribution < -0.4 is 5.32 Å². The Balaban J connectivity index is 3.47. The van der Waals surface area contributed by atoms with Crippen molar-refractivity contribution < 1.29 is 17.8 Å². The zero-order chi connectivity index (χ0) is 14.6. The molecule has 0 bridgehead atoms. The van der Waals surface area contributed by atoms with Gasteiger partial charge in [-0.2, -0.15) is 8.42 Å². The highest BCUT2D eigenvalue weighted by Gasteiger charge is 2.04. The molecule has 0 saturated carbocycles. The molecular weight excluding hydrogens is 266 g/mol. The summed E-state index contributed by atoms with van der Waals surface area (Å²) >= 11 is 0. The van der Waals surface area contributed by atoms with Gasteiger partial charge in [-0.25, -0.2) is 0 Å². The number of rotatable bonds is 11. The summed E-state index contributed by atoms with van der Waals surface area (Å²) in [5, 5.41) is 2.39. The molecule has 0 aromatic rings. The molecule has 6 heteroatoms. The van der Waals surface area contributed by atoms with Gasteiger partial charge in [0.2, 0.25) is 5.91 Å². The highest BCUT2D eigenvalue weighted by atomic mass is 32.2. The van der Waals surface area contributed by atoms with Gasteiger partial charge < -0.3 is 5.32 Å². The predicted molar refractivity (Wildman–Crippen MR) is 76.6 cm³/mol. The van der Waals surface area contributed by atoms with Crippen molar-refractivity contribution in [2.24, 2.45) is 0 Å². The van der Waals surface area contributed by atoms with E-state index in [1.807, 2.05) is 0 Å². The Hall–Kier alpha value is -0.880. The summed E-state index contributed by atoms with van der Waals surface area (Å²) in [6.45, 7) is 2.11. The Labute approximate surface area is 116 Å². The fourth-order valence-corrected chi connectivity index (χ4v) is 1.96. The minimum Gasteiger partial charge on any atom is -0.351 e. The molecule has 0 aliphatic heterocycles. The van der Waals surface area contributed by atoms with Crippen LogP contribution in [0.4, 0.5) is 0 Å². The summed E-state index contributed by atoms with van der Waals surface area (Å²) < 4.78 is 29.3. The average molecular weight is 291 g/mol. The third kappa shape index (κ3) is 15.1. The maximum Gasteiger partial charge on any atom is 0.266 e. The Morgan fingerprint density at radius 2 is 1.79 bits per heavy atom. The Morgan fingerprint density at radius 1 is 1.16 bits per heavy atom. The molecule has 112 valence electrons. The van der Waals surface area contributed by atoms with Crippen LogP contribution >= 0.6 is 0 Å². The van der Waals surface area contributed by atoms with Crippen LogP contribution in [-0.2, 0) is 14.9 Å². The van der Waals surface area contributed by atoms with Crippen molar-refractivity contribution in [2.45, 2.75) is 51.9 Å². The molecule has 0 saturated heterocycles. The van der Waals surface area contributed by atoms with Crippen molar-refractivity contribution in [3.8, 4) is 0 Å². The van der Waals surface area contributed by atoms with Crippen LogP contribution in [0.3, 0.4) is 0 Å². The van der Waals surface area contributed by atoms with Crippen LogP contribution in [0.15, 0.2) is 12.2 Å². The second kappa shape index (κ2) is 11.0. The van der Waals surface area contributed by atoms with Gasteiger partial charge in [-0.05, 0) is 18.9 Å². The number of nitrogens with one attached hydrogen (secondary N) is 1. The highest BCUT2D eigenvalue weighted by Crippen LogP contribution is 2.06. The van der Waals surface area contributed by atoms with E-state index >= 15 is 0 Å². The molecule has 0 aliphatic carbocycles. The molecule has 2 N–H and O–H groups in total. The van der Waals surface area contributed by atoms with Gasteiger partial charge >= 0.3 is 0 Å². The second-order valence-corrected chi connectivity index (χ2v) is 6.11. The normalized spacial score (nSPS) is 11.9. The molecule has 19 heavy (non-hydrogen) atoms. The SMILES string of the molecule is CCCCCCCC/C=C/C(=O)NCCS(=O)(=O)O. The summed E-state index contributed by atoms with van der Waals surface area (Å²) in [7, 11) is -4.00. The van der Waals surface area contributed by atoms with E-state index in [9.17, 15) is 13.2 Å². The van der Waals surface area contributed by atoms with Crippen LogP contribution in [0.1, 0.15) is 51.9 Å². The number of carbonyl (C=O) groups is 1. The molecule has 0 radical (unpaired) electrons. The predicted octanol–water partition coefficient (Wildman–Crippen LogP) is 2.30. The number of allylic oxidation sites excluding steroid dienone is 1. The van der Waals surface area contributed by atoms with Gasteiger partial charge in [0.15, 0.2) is 0 Å². The van der Waals surface area contributed by atoms with Gasteiger partial charge in [0.25, 0.3) is 10.1 Å². The van der Waals surface area contributed by atoms with Gasteiger partial charge in [0, 0.05) is 6.54 Å². The van der Waals surface area contributed by atoms with Gasteiger partial charge in [0.1, 0.15) is 0 Å². The fraction of sp³-hybridized carbons (Fsp3) is 0.769. The lowest BCUT2D eigenvalue weighted by atomic mass is 10.1. The molecule has 0 aromatic carbocycles. The molecule has 0 aliphatic rings. The van der Waals surface area contributed by atoms with Crippen molar-refractivity contribution in [1.82, 2.24) is 5.32 Å². The van der Waals surface area contributed by atoms with Crippen LogP contribution in [0.25, 0.3) is 0 Å². The second-order valence-electron chi connectivity index (χ2n) is 4.54. The number of amides is 1. The number of unbranched alkanes of at least 4 members (excludes halogenated alkanes) is 6. The van der Waals surface area contributed by atoms with Crippen LogP contribution in [-0.4, -0.2) is 31.2 Å². The maximum atomic E-state index is 11.2. The highest BCUT2D eigenvalue weighted by molar-refractivity contribution is 7.85. The minimum atomic E-state index is -4.00. The van der Waals surface area contributed by atoms with Gasteiger partial charge in [-0.15, -0.1) is 0 Å². The third-order valence-corrected chi connectivity index (χ3v) is 3.37. The van der Waals surface area contributed by atoms with E-state index in [1.165, 1.54) is 38.2 Å². The summed E-state index contributed by atoms with van der Waals surface area (Å²) in [5.74, 6) is -0.779. The van der Waals surface area contributed by atoms with Crippen LogP contribution in [0.5, 0.6) is 0 Å². The Bertz CT molecular complexity index is 363. The monoisotopic (exact) mass is 291 g/mol. The first-order chi connectivity index (χ1) is 8.95. The van der Waals surface area contributed by atoms with Crippen molar-refractivity contribution in [2.75, 3.05) is 12.3 Å². The van der Waals surface area contributed by atoms with E-state index in [4.69, 9.17) is 4.55 Å². The van der Waals surface area contributed by atoms with Crippen molar-refractivity contribution in [1.29, 1.82) is 0 Å². The van der Waals surface area contributed by atoms with E-state index in [0.717, 1.165) is 12.8 Å². The quantitative estimate of drug-likeness (QED) is 0.347. The standard InChI is InChI=1S/C13H25NO4S/c1-2-3-4-5-6-7-8-9-10-13(15)14-11-12-19(16,17)18/h9-10H,2-8,11-12H2,1H3,(H,14,15)(H,16,17,18)/b10-9+. The molecule has 0 rings (SSSR count). The van der Waals surface area contributed by atoms with Crippen molar-refractivity contribution in [3.63, 3.8) is 0 Å². The molecule has 5 nitrogen and oxygen atoms in total. The fourth-order valence-electron chi connectivity index (χ4n) is 1.60. The minimum absolute atomic E-state index is 0.0704. The Kier molecular flexibility index (Phi) is 10.5. The lowest BCUT2D eigenvalue weighted by molar-refractivity contribution is -0.116. The van der Waals surface area contributed by atoms with Crippen LogP contribution in [0, 0.1) is 0 Å². The summed E-state index contributed by atoms with van der Waals surface area (Å²) in [5.41, 5.74) is 0. The van der Waals surface area contributed by atoms with Gasteiger partial charge in [-0.1, -0.05) is 45.1 Å². The van der Waals surface area contributed by atoms with Crippen molar-refractivity contribution in [3.05, 3.63) is 12.2 Å². The molecule has 0 unspecified atom stereocenters. The van der Waals surface area contributed by atoms with E-state index in [2.05, 4.69) is 12.2 Å². The lowest BCUT2D eigenvalue weighted by Crippen LogP contribution is -2.27. The molecule has 0 fully saturated rings. The third-order valence-electron chi connectivity index (χ3n) is 2.65. The smallest absolute Gasteiger partial charge is 0.266 e. The van der Waals surface area contributed by atoms with E-state index < -0.39 is 15.9 Å². The van der Waals surface area contributed by atoms with Gasteiger partial charge in [-0.3, -0.25) is 9.35 Å². The molecule has 0 aromatic heterocycles. The largest absolute Gasteiger partial charge is 0.351 e. The van der Waals surface area contributed by atoms with Crippen LogP contribution in [0.2, 0.25) is 0 Å². The van der Waals surface area contributed by atoms with E-state index in [0.29, 0.717) is 0 Å². The topological polar surface area (TPSA) is 83.5 Å². The zero-order valence-corrected chi connectivity index (χ0v) is 12.4.